The second-order valence-electron chi connectivity index (χ2n) is 5.77. The van der Waals surface area contributed by atoms with Crippen molar-refractivity contribution < 1.29 is 5.11 Å². The van der Waals surface area contributed by atoms with Crippen LogP contribution in [-0.4, -0.2) is 38.9 Å². The first-order valence-corrected chi connectivity index (χ1v) is 7.33. The van der Waals surface area contributed by atoms with Crippen molar-refractivity contribution in [1.29, 1.82) is 0 Å². The molecule has 108 valence electrons. The molecule has 0 saturated carbocycles. The Bertz CT molecular complexity index is 634. The second-order valence-corrected chi connectivity index (χ2v) is 5.77. The van der Waals surface area contributed by atoms with E-state index in [2.05, 4.69) is 28.0 Å². The smallest absolute Gasteiger partial charge is 0.160 e. The topological polar surface area (TPSA) is 53.7 Å². The summed E-state index contributed by atoms with van der Waals surface area (Å²) in [6.45, 7) is 7.96. The third-order valence-corrected chi connectivity index (χ3v) is 4.19. The Morgan fingerprint density at radius 3 is 2.80 bits per heavy atom. The summed E-state index contributed by atoms with van der Waals surface area (Å²) in [7, 11) is 0. The number of fused-ring (bicyclic) bond motifs is 1. The molecule has 1 saturated heterocycles. The number of aryl methyl sites for hydroxylation is 3. The van der Waals surface area contributed by atoms with Crippen LogP contribution in [0.25, 0.3) is 5.65 Å². The van der Waals surface area contributed by atoms with Crippen molar-refractivity contribution in [1.82, 2.24) is 14.6 Å². The molecule has 20 heavy (non-hydrogen) atoms. The third kappa shape index (κ3) is 2.26. The first-order chi connectivity index (χ1) is 9.56. The van der Waals surface area contributed by atoms with Gasteiger partial charge in [0, 0.05) is 30.4 Å². The molecule has 0 bridgehead atoms. The predicted molar refractivity (Wildman–Crippen MR) is 79.3 cm³/mol. The van der Waals surface area contributed by atoms with Gasteiger partial charge in [-0.1, -0.05) is 0 Å². The molecular formula is C15H22N4O. The molecule has 2 aromatic rings. The SMILES string of the molecule is Cc1cc(N2CCC[C@H](O)CC2)n2nc(C)c(C)c2n1. The fourth-order valence-electron chi connectivity index (χ4n) is 2.86. The maximum absolute atomic E-state index is 9.81. The van der Waals surface area contributed by atoms with Gasteiger partial charge in [-0.15, -0.1) is 0 Å². The number of aromatic nitrogens is 3. The third-order valence-electron chi connectivity index (χ3n) is 4.19. The molecule has 1 aliphatic rings. The molecule has 0 spiro atoms. The average Bonchev–Trinajstić information content (AvgIpc) is 2.60. The van der Waals surface area contributed by atoms with Crippen LogP contribution in [0.15, 0.2) is 6.07 Å². The van der Waals surface area contributed by atoms with Crippen molar-refractivity contribution in [2.45, 2.75) is 46.1 Å². The van der Waals surface area contributed by atoms with Gasteiger partial charge >= 0.3 is 0 Å². The second kappa shape index (κ2) is 5.05. The summed E-state index contributed by atoms with van der Waals surface area (Å²) in [4.78, 5) is 6.94. The van der Waals surface area contributed by atoms with Crippen LogP contribution in [0.5, 0.6) is 0 Å². The van der Waals surface area contributed by atoms with E-state index in [1.807, 2.05) is 18.4 Å². The van der Waals surface area contributed by atoms with Gasteiger partial charge < -0.3 is 10.0 Å². The van der Waals surface area contributed by atoms with Gasteiger partial charge in [0.2, 0.25) is 0 Å². The van der Waals surface area contributed by atoms with Gasteiger partial charge in [0.05, 0.1) is 11.8 Å². The standard InChI is InChI=1S/C15H22N4O/c1-10-9-14(18-7-4-5-13(20)6-8-18)19-15(16-10)11(2)12(3)17-19/h9,13,20H,4-8H2,1-3H3/t13-/m0/s1. The maximum atomic E-state index is 9.81. The van der Waals surface area contributed by atoms with Crippen molar-refractivity contribution in [2.24, 2.45) is 0 Å². The Hall–Kier alpha value is -1.62. The fourth-order valence-corrected chi connectivity index (χ4v) is 2.86. The highest BCUT2D eigenvalue weighted by molar-refractivity contribution is 5.56. The molecule has 5 heteroatoms. The summed E-state index contributed by atoms with van der Waals surface area (Å²) in [5, 5.41) is 14.4. The van der Waals surface area contributed by atoms with Crippen molar-refractivity contribution in [3.8, 4) is 0 Å². The van der Waals surface area contributed by atoms with E-state index >= 15 is 0 Å². The highest BCUT2D eigenvalue weighted by atomic mass is 16.3. The van der Waals surface area contributed by atoms with E-state index in [-0.39, 0.29) is 6.10 Å². The highest BCUT2D eigenvalue weighted by Crippen LogP contribution is 2.23. The number of anilines is 1. The molecule has 0 aromatic carbocycles. The Kier molecular flexibility index (Phi) is 3.38. The van der Waals surface area contributed by atoms with E-state index in [9.17, 15) is 5.11 Å². The Labute approximate surface area is 119 Å². The van der Waals surface area contributed by atoms with E-state index in [4.69, 9.17) is 0 Å². The highest BCUT2D eigenvalue weighted by Gasteiger charge is 2.19. The molecule has 0 radical (unpaired) electrons. The van der Waals surface area contributed by atoms with Gasteiger partial charge in [0.25, 0.3) is 0 Å². The zero-order valence-corrected chi connectivity index (χ0v) is 12.4. The first kappa shape index (κ1) is 13.4. The fraction of sp³-hybridized carbons (Fsp3) is 0.600. The van der Waals surface area contributed by atoms with Crippen LogP contribution in [0.1, 0.15) is 36.2 Å². The molecule has 1 aliphatic heterocycles. The molecule has 3 rings (SSSR count). The molecule has 1 atom stereocenters. The normalized spacial score (nSPS) is 20.4. The number of hydrogen-bond acceptors (Lipinski definition) is 4. The maximum Gasteiger partial charge on any atom is 0.160 e. The monoisotopic (exact) mass is 274 g/mol. The van der Waals surface area contributed by atoms with Crippen LogP contribution in [0.4, 0.5) is 5.82 Å². The van der Waals surface area contributed by atoms with Crippen LogP contribution in [0, 0.1) is 20.8 Å². The lowest BCUT2D eigenvalue weighted by Crippen LogP contribution is -2.27. The molecular weight excluding hydrogens is 252 g/mol. The summed E-state index contributed by atoms with van der Waals surface area (Å²) >= 11 is 0. The molecule has 0 unspecified atom stereocenters. The Morgan fingerprint density at radius 2 is 2.00 bits per heavy atom. The summed E-state index contributed by atoms with van der Waals surface area (Å²) < 4.78 is 1.95. The van der Waals surface area contributed by atoms with E-state index in [1.165, 1.54) is 0 Å². The molecule has 1 fully saturated rings. The predicted octanol–water partition coefficient (Wildman–Crippen LogP) is 2.01. The number of nitrogens with zero attached hydrogens (tertiary/aromatic N) is 4. The number of rotatable bonds is 1. The van der Waals surface area contributed by atoms with E-state index in [0.717, 1.165) is 60.8 Å². The summed E-state index contributed by atoms with van der Waals surface area (Å²) in [5.41, 5.74) is 4.13. The molecule has 3 heterocycles. The lowest BCUT2D eigenvalue weighted by Gasteiger charge is -2.23. The van der Waals surface area contributed by atoms with Crippen LogP contribution >= 0.6 is 0 Å². The summed E-state index contributed by atoms with van der Waals surface area (Å²) in [5.74, 6) is 1.10. The van der Waals surface area contributed by atoms with E-state index < -0.39 is 0 Å². The first-order valence-electron chi connectivity index (χ1n) is 7.33. The van der Waals surface area contributed by atoms with Crippen molar-refractivity contribution in [3.63, 3.8) is 0 Å². The zero-order chi connectivity index (χ0) is 14.3. The van der Waals surface area contributed by atoms with Gasteiger partial charge in [-0.25, -0.2) is 4.98 Å². The molecule has 1 N–H and O–H groups in total. The zero-order valence-electron chi connectivity index (χ0n) is 12.4. The van der Waals surface area contributed by atoms with Gasteiger partial charge in [-0.2, -0.15) is 9.61 Å². The van der Waals surface area contributed by atoms with Crippen LogP contribution in [0.3, 0.4) is 0 Å². The van der Waals surface area contributed by atoms with Crippen LogP contribution < -0.4 is 4.90 Å². The quantitative estimate of drug-likeness (QED) is 0.864. The average molecular weight is 274 g/mol. The molecule has 2 aromatic heterocycles. The number of hydrogen-bond donors (Lipinski definition) is 1. The Morgan fingerprint density at radius 1 is 1.20 bits per heavy atom. The van der Waals surface area contributed by atoms with Crippen molar-refractivity contribution >= 4 is 11.5 Å². The molecule has 0 amide bonds. The van der Waals surface area contributed by atoms with E-state index in [0.29, 0.717) is 0 Å². The van der Waals surface area contributed by atoms with E-state index in [1.54, 1.807) is 0 Å². The number of aliphatic hydroxyl groups is 1. The van der Waals surface area contributed by atoms with Gasteiger partial charge in [0.1, 0.15) is 5.82 Å². The van der Waals surface area contributed by atoms with Crippen LogP contribution in [-0.2, 0) is 0 Å². The summed E-state index contributed by atoms with van der Waals surface area (Å²) in [6.07, 6.45) is 2.56. The summed E-state index contributed by atoms with van der Waals surface area (Å²) in [6, 6.07) is 2.09. The Balaban J connectivity index is 2.08. The largest absolute Gasteiger partial charge is 0.393 e. The minimum atomic E-state index is -0.167. The lowest BCUT2D eigenvalue weighted by molar-refractivity contribution is 0.161. The number of aliphatic hydroxyl groups excluding tert-OH is 1. The van der Waals surface area contributed by atoms with Crippen LogP contribution in [0.2, 0.25) is 0 Å². The molecule has 0 aliphatic carbocycles. The van der Waals surface area contributed by atoms with Crippen molar-refractivity contribution in [3.05, 3.63) is 23.0 Å². The van der Waals surface area contributed by atoms with Gasteiger partial charge in [-0.05, 0) is 40.0 Å². The van der Waals surface area contributed by atoms with Crippen molar-refractivity contribution in [2.75, 3.05) is 18.0 Å². The minimum Gasteiger partial charge on any atom is -0.393 e. The van der Waals surface area contributed by atoms with Gasteiger partial charge in [-0.3, -0.25) is 0 Å². The molecule has 5 nitrogen and oxygen atoms in total. The minimum absolute atomic E-state index is 0.167. The van der Waals surface area contributed by atoms with Gasteiger partial charge in [0.15, 0.2) is 5.65 Å². The lowest BCUT2D eigenvalue weighted by atomic mass is 10.2.